The van der Waals surface area contributed by atoms with Crippen molar-refractivity contribution in [3.63, 3.8) is 0 Å². The van der Waals surface area contributed by atoms with E-state index in [0.29, 0.717) is 33.4 Å². The van der Waals surface area contributed by atoms with Crippen LogP contribution >= 0.6 is 12.2 Å². The first kappa shape index (κ1) is 25.8. The molecule has 0 spiro atoms. The third kappa shape index (κ3) is 4.88. The van der Waals surface area contributed by atoms with Crippen molar-refractivity contribution in [2.75, 3.05) is 5.32 Å². The summed E-state index contributed by atoms with van der Waals surface area (Å²) in [6.45, 7) is 7.20. The Bertz CT molecular complexity index is 1740. The second-order valence-corrected chi connectivity index (χ2v) is 8.82. The molecule has 188 valence electrons. The van der Waals surface area contributed by atoms with Gasteiger partial charge in [-0.25, -0.2) is 8.78 Å². The molecule has 37 heavy (non-hydrogen) atoms. The fourth-order valence-electron chi connectivity index (χ4n) is 4.16. The van der Waals surface area contributed by atoms with Crippen LogP contribution in [-0.2, 0) is 0 Å². The highest BCUT2D eigenvalue weighted by molar-refractivity contribution is 7.71. The summed E-state index contributed by atoms with van der Waals surface area (Å²) in [5.74, 6) is 0.600. The summed E-state index contributed by atoms with van der Waals surface area (Å²) in [5.41, 5.74) is 2.85. The molecule has 2 aromatic heterocycles. The number of allylic oxidation sites excluding steroid dienone is 4. The Morgan fingerprint density at radius 2 is 2.05 bits per heavy atom. The average molecular weight is 520 g/mol. The van der Waals surface area contributed by atoms with Gasteiger partial charge in [-0.15, -0.1) is 6.42 Å². The molecule has 0 aliphatic rings. The Balaban J connectivity index is 1.89. The minimum Gasteiger partial charge on any atom is -0.455 e. The van der Waals surface area contributed by atoms with E-state index in [1.807, 2.05) is 26.8 Å². The van der Waals surface area contributed by atoms with Gasteiger partial charge in [0.1, 0.15) is 11.3 Å². The zero-order valence-electron chi connectivity index (χ0n) is 20.5. The third-order valence-electron chi connectivity index (χ3n) is 5.93. The zero-order valence-corrected chi connectivity index (χ0v) is 21.3. The lowest BCUT2D eigenvalue weighted by molar-refractivity contribution is 0.405. The Kier molecular flexibility index (Phi) is 7.23. The number of benzene rings is 2. The lowest BCUT2D eigenvalue weighted by Crippen LogP contribution is -2.14. The molecule has 0 aliphatic heterocycles. The molecule has 0 saturated heterocycles. The quantitative estimate of drug-likeness (QED) is 0.160. The number of hydrogen-bond donors (Lipinski definition) is 2. The maximum absolute atomic E-state index is 14.9. The van der Waals surface area contributed by atoms with Crippen LogP contribution in [0.1, 0.15) is 42.3 Å². The topological polar surface area (TPSA) is 84.1 Å². The lowest BCUT2D eigenvalue weighted by atomic mass is 9.98. The minimum absolute atomic E-state index is 0.0618. The summed E-state index contributed by atoms with van der Waals surface area (Å²) in [6.07, 6.45) is 10.4. The van der Waals surface area contributed by atoms with Crippen molar-refractivity contribution in [2.24, 2.45) is 0 Å². The highest BCUT2D eigenvalue weighted by atomic mass is 32.1. The first-order valence-electron chi connectivity index (χ1n) is 11.3. The van der Waals surface area contributed by atoms with Crippen LogP contribution in [0, 0.1) is 42.7 Å². The Morgan fingerprint density at radius 1 is 1.30 bits per heavy atom. The fraction of sp³-hybridized carbons (Fsp3) is 0.179. The molecule has 0 amide bonds. The second kappa shape index (κ2) is 10.4. The number of H-pyrrole nitrogens is 1. The Labute approximate surface area is 216 Å². The van der Waals surface area contributed by atoms with Gasteiger partial charge < -0.3 is 14.3 Å². The molecule has 6 nitrogen and oxygen atoms in total. The summed E-state index contributed by atoms with van der Waals surface area (Å²) in [5, 5.41) is 7.31. The molecule has 0 bridgehead atoms. The van der Waals surface area contributed by atoms with Crippen LogP contribution in [-0.4, -0.2) is 10.1 Å². The van der Waals surface area contributed by atoms with E-state index in [1.54, 1.807) is 25.1 Å². The van der Waals surface area contributed by atoms with Gasteiger partial charge in [-0.1, -0.05) is 23.2 Å². The van der Waals surface area contributed by atoms with Crippen molar-refractivity contribution in [1.29, 1.82) is 0 Å². The van der Waals surface area contributed by atoms with E-state index in [0.717, 1.165) is 11.6 Å². The van der Waals surface area contributed by atoms with Crippen LogP contribution in [0.4, 0.5) is 14.5 Å². The molecule has 0 radical (unpaired) electrons. The largest absolute Gasteiger partial charge is 0.455 e. The van der Waals surface area contributed by atoms with Gasteiger partial charge in [0.2, 0.25) is 0 Å². The number of anilines is 1. The molecule has 9 heteroatoms. The number of nitrogens with zero attached hydrogens (tertiary/aromatic N) is 1. The SMILES string of the molecule is C#C/C=C\C(=C/C)c1oc2c(C(C)Nc3ccc(F)c(F)c3-c3noc(=S)[nH]3)cc(C)cc2c(=O)c1C. The summed E-state index contributed by atoms with van der Waals surface area (Å²) in [4.78, 5) is 15.9. The van der Waals surface area contributed by atoms with Gasteiger partial charge >= 0.3 is 0 Å². The minimum atomic E-state index is -1.12. The van der Waals surface area contributed by atoms with Crippen LogP contribution in [0.5, 0.6) is 0 Å². The Hall–Kier alpha value is -4.29. The summed E-state index contributed by atoms with van der Waals surface area (Å²) in [7, 11) is 0. The molecule has 4 aromatic rings. The highest BCUT2D eigenvalue weighted by Crippen LogP contribution is 2.35. The highest BCUT2D eigenvalue weighted by Gasteiger charge is 2.23. The van der Waals surface area contributed by atoms with E-state index in [9.17, 15) is 13.6 Å². The number of aromatic amines is 1. The number of aryl methyl sites for hydroxylation is 1. The van der Waals surface area contributed by atoms with Gasteiger partial charge in [0.05, 0.1) is 17.0 Å². The van der Waals surface area contributed by atoms with Gasteiger partial charge in [0.15, 0.2) is 22.9 Å². The average Bonchev–Trinajstić information content (AvgIpc) is 3.30. The predicted molar refractivity (Wildman–Crippen MR) is 143 cm³/mol. The standard InChI is InChI=1S/C28H23F2N3O3S/c1-6-8-9-17(7-2)25-15(4)24(34)19-13-14(3)12-18(26(19)35-25)16(5)31-21-11-10-20(29)23(30)22(21)27-32-28(37)36-33-27/h1,7-13,16,31H,2-5H3,(H,32,33,37)/b9-8-,17-7+. The molecule has 4 rings (SSSR count). The smallest absolute Gasteiger partial charge is 0.295 e. The molecule has 2 N–H and O–H groups in total. The molecule has 2 heterocycles. The molecular formula is C28H23F2N3O3S. The van der Waals surface area contributed by atoms with E-state index in [1.165, 1.54) is 12.1 Å². The van der Waals surface area contributed by atoms with Crippen molar-refractivity contribution in [2.45, 2.75) is 33.7 Å². The molecule has 0 saturated carbocycles. The van der Waals surface area contributed by atoms with E-state index in [-0.39, 0.29) is 27.3 Å². The summed E-state index contributed by atoms with van der Waals surface area (Å²) < 4.78 is 40.2. The van der Waals surface area contributed by atoms with E-state index in [4.69, 9.17) is 27.6 Å². The molecule has 0 fully saturated rings. The number of rotatable bonds is 6. The van der Waals surface area contributed by atoms with Crippen molar-refractivity contribution in [3.05, 3.63) is 91.6 Å². The van der Waals surface area contributed by atoms with Crippen molar-refractivity contribution >= 4 is 34.4 Å². The molecular weight excluding hydrogens is 496 g/mol. The molecule has 1 atom stereocenters. The molecule has 2 aromatic carbocycles. The fourth-order valence-corrected chi connectivity index (χ4v) is 4.29. The van der Waals surface area contributed by atoms with Gasteiger partial charge in [-0.3, -0.25) is 9.78 Å². The summed E-state index contributed by atoms with van der Waals surface area (Å²) in [6, 6.07) is 5.53. The number of hydrogen-bond acceptors (Lipinski definition) is 6. The van der Waals surface area contributed by atoms with Crippen LogP contribution in [0.25, 0.3) is 27.9 Å². The maximum Gasteiger partial charge on any atom is 0.295 e. The van der Waals surface area contributed by atoms with Gasteiger partial charge in [0, 0.05) is 22.4 Å². The third-order valence-corrected chi connectivity index (χ3v) is 6.11. The number of terminal acetylenes is 1. The predicted octanol–water partition coefficient (Wildman–Crippen LogP) is 7.17. The van der Waals surface area contributed by atoms with Gasteiger partial charge in [-0.05, 0) is 75.8 Å². The van der Waals surface area contributed by atoms with E-state index >= 15 is 0 Å². The first-order valence-corrected chi connectivity index (χ1v) is 11.7. The van der Waals surface area contributed by atoms with Crippen LogP contribution in [0.15, 0.2) is 56.2 Å². The van der Waals surface area contributed by atoms with Crippen LogP contribution < -0.4 is 10.7 Å². The van der Waals surface area contributed by atoms with Crippen molar-refractivity contribution < 1.29 is 17.7 Å². The van der Waals surface area contributed by atoms with Crippen LogP contribution in [0.2, 0.25) is 0 Å². The van der Waals surface area contributed by atoms with Crippen molar-refractivity contribution in [1.82, 2.24) is 10.1 Å². The van der Waals surface area contributed by atoms with Crippen molar-refractivity contribution in [3.8, 4) is 23.7 Å². The van der Waals surface area contributed by atoms with Gasteiger partial charge in [-0.2, -0.15) is 0 Å². The normalized spacial score (nSPS) is 12.7. The monoisotopic (exact) mass is 519 g/mol. The summed E-state index contributed by atoms with van der Waals surface area (Å²) >= 11 is 4.89. The van der Waals surface area contributed by atoms with Crippen LogP contribution in [0.3, 0.4) is 0 Å². The molecule has 0 aliphatic carbocycles. The zero-order chi connectivity index (χ0) is 26.9. The van der Waals surface area contributed by atoms with E-state index in [2.05, 4.69) is 21.4 Å². The number of halogens is 2. The number of fused-ring (bicyclic) bond motifs is 1. The second-order valence-electron chi connectivity index (χ2n) is 8.45. The van der Waals surface area contributed by atoms with Gasteiger partial charge in [0.25, 0.3) is 4.84 Å². The number of nitrogens with one attached hydrogen (secondary N) is 2. The Morgan fingerprint density at radius 3 is 2.70 bits per heavy atom. The molecule has 1 unspecified atom stereocenters. The van der Waals surface area contributed by atoms with E-state index < -0.39 is 17.7 Å². The number of aromatic nitrogens is 2. The maximum atomic E-state index is 14.9. The lowest BCUT2D eigenvalue weighted by Gasteiger charge is -2.20. The first-order chi connectivity index (χ1) is 17.7.